The van der Waals surface area contributed by atoms with E-state index < -0.39 is 0 Å². The lowest BCUT2D eigenvalue weighted by Crippen LogP contribution is -2.11. The van der Waals surface area contributed by atoms with Gasteiger partial charge in [0.1, 0.15) is 18.0 Å². The van der Waals surface area contributed by atoms with Crippen LogP contribution in [-0.2, 0) is 13.5 Å². The third-order valence-electron chi connectivity index (χ3n) is 2.11. The molecule has 0 saturated carbocycles. The van der Waals surface area contributed by atoms with Crippen LogP contribution in [-0.4, -0.2) is 31.3 Å². The van der Waals surface area contributed by atoms with Gasteiger partial charge >= 0.3 is 0 Å². The van der Waals surface area contributed by atoms with Crippen LogP contribution in [0.3, 0.4) is 0 Å². The van der Waals surface area contributed by atoms with Crippen LogP contribution in [0.1, 0.15) is 5.82 Å². The molecule has 84 valence electrons. The van der Waals surface area contributed by atoms with Crippen LogP contribution in [0.25, 0.3) is 0 Å². The molecular weight excluding hydrogens is 206 g/mol. The Morgan fingerprint density at radius 1 is 1.50 bits per heavy atom. The molecule has 2 heterocycles. The number of nitrogens with zero attached hydrogens (tertiary/aromatic N) is 5. The molecule has 0 radical (unpaired) electrons. The number of nitrogens with one attached hydrogen (secondary N) is 1. The van der Waals surface area contributed by atoms with Crippen molar-refractivity contribution in [3.05, 3.63) is 24.4 Å². The second kappa shape index (κ2) is 4.56. The fourth-order valence-corrected chi connectivity index (χ4v) is 1.28. The summed E-state index contributed by atoms with van der Waals surface area (Å²) in [5, 5.41) is 10.8. The Kier molecular flexibility index (Phi) is 2.95. The minimum absolute atomic E-state index is 0.455. The van der Waals surface area contributed by atoms with E-state index in [2.05, 4.69) is 25.5 Å². The highest BCUT2D eigenvalue weighted by molar-refractivity contribution is 5.34. The fraction of sp³-hybridized carbons (Fsp3) is 0.333. The maximum Gasteiger partial charge on any atom is 0.224 e. The third-order valence-corrected chi connectivity index (χ3v) is 2.11. The number of aromatic nitrogens is 5. The molecule has 2 aromatic heterocycles. The normalized spacial score (nSPS) is 10.3. The van der Waals surface area contributed by atoms with Crippen molar-refractivity contribution in [3.8, 4) is 0 Å². The Morgan fingerprint density at radius 3 is 3.06 bits per heavy atom. The second-order valence-corrected chi connectivity index (χ2v) is 3.34. The van der Waals surface area contributed by atoms with Gasteiger partial charge in [-0.05, 0) is 6.07 Å². The number of hydrogen-bond donors (Lipinski definition) is 2. The van der Waals surface area contributed by atoms with Crippen molar-refractivity contribution >= 4 is 11.8 Å². The monoisotopic (exact) mass is 219 g/mol. The average Bonchev–Trinajstić information content (AvgIpc) is 2.65. The lowest BCUT2D eigenvalue weighted by atomic mass is 10.4. The maximum atomic E-state index is 5.53. The minimum atomic E-state index is 0.455. The summed E-state index contributed by atoms with van der Waals surface area (Å²) in [5.74, 6) is 1.90. The largest absolute Gasteiger partial charge is 0.384 e. The van der Waals surface area contributed by atoms with Crippen LogP contribution in [0.15, 0.2) is 18.6 Å². The molecule has 2 aromatic rings. The van der Waals surface area contributed by atoms with Gasteiger partial charge in [-0.15, -0.1) is 10.2 Å². The summed E-state index contributed by atoms with van der Waals surface area (Å²) in [6.45, 7) is 0.690. The number of aryl methyl sites for hydroxylation is 1. The number of nitrogen functional groups attached to an aromatic ring is 1. The van der Waals surface area contributed by atoms with Crippen LogP contribution >= 0.6 is 0 Å². The van der Waals surface area contributed by atoms with E-state index in [-0.39, 0.29) is 0 Å². The number of anilines is 2. The summed E-state index contributed by atoms with van der Waals surface area (Å²) in [5.41, 5.74) is 5.53. The van der Waals surface area contributed by atoms with E-state index in [1.165, 1.54) is 0 Å². The van der Waals surface area contributed by atoms with Gasteiger partial charge in [0.15, 0.2) is 0 Å². The molecular formula is C9H13N7. The Labute approximate surface area is 92.7 Å². The second-order valence-electron chi connectivity index (χ2n) is 3.34. The Hall–Kier alpha value is -2.18. The Bertz CT molecular complexity index is 464. The highest BCUT2D eigenvalue weighted by atomic mass is 15.2. The molecule has 2 rings (SSSR count). The van der Waals surface area contributed by atoms with E-state index in [0.717, 1.165) is 12.2 Å². The topological polar surface area (TPSA) is 94.5 Å². The summed E-state index contributed by atoms with van der Waals surface area (Å²) in [7, 11) is 1.91. The smallest absolute Gasteiger partial charge is 0.224 e. The van der Waals surface area contributed by atoms with E-state index in [1.807, 2.05) is 11.6 Å². The number of hydrogen-bond acceptors (Lipinski definition) is 6. The van der Waals surface area contributed by atoms with Crippen molar-refractivity contribution in [2.75, 3.05) is 17.6 Å². The van der Waals surface area contributed by atoms with Crippen molar-refractivity contribution in [2.24, 2.45) is 7.05 Å². The first-order valence-electron chi connectivity index (χ1n) is 4.91. The zero-order chi connectivity index (χ0) is 11.4. The molecule has 7 nitrogen and oxygen atoms in total. The lowest BCUT2D eigenvalue weighted by Gasteiger charge is -2.04. The lowest BCUT2D eigenvalue weighted by molar-refractivity contribution is 0.786. The Morgan fingerprint density at radius 2 is 2.38 bits per heavy atom. The Balaban J connectivity index is 1.87. The molecule has 3 N–H and O–H groups in total. The summed E-state index contributed by atoms with van der Waals surface area (Å²) in [6, 6.07) is 1.65. The first-order valence-corrected chi connectivity index (χ1v) is 4.91. The van der Waals surface area contributed by atoms with E-state index in [1.54, 1.807) is 18.6 Å². The van der Waals surface area contributed by atoms with Crippen LogP contribution in [0.5, 0.6) is 0 Å². The average molecular weight is 219 g/mol. The third kappa shape index (κ3) is 2.44. The van der Waals surface area contributed by atoms with E-state index in [0.29, 0.717) is 18.3 Å². The van der Waals surface area contributed by atoms with Crippen LogP contribution in [0.4, 0.5) is 11.8 Å². The van der Waals surface area contributed by atoms with Crippen molar-refractivity contribution < 1.29 is 0 Å². The fourth-order valence-electron chi connectivity index (χ4n) is 1.28. The standard InChI is InChI=1S/C9H13N7/c1-16-6-13-15-8(16)3-5-12-9-11-4-2-7(10)14-9/h2,4,6H,3,5H2,1H3,(H3,10,11,12,14). The van der Waals surface area contributed by atoms with Crippen molar-refractivity contribution in [1.29, 1.82) is 0 Å². The van der Waals surface area contributed by atoms with Crippen LogP contribution in [0.2, 0.25) is 0 Å². The molecule has 0 saturated heterocycles. The molecule has 0 fully saturated rings. The molecule has 7 heteroatoms. The van der Waals surface area contributed by atoms with Gasteiger partial charge in [-0.25, -0.2) is 4.98 Å². The highest BCUT2D eigenvalue weighted by Crippen LogP contribution is 2.01. The van der Waals surface area contributed by atoms with Crippen LogP contribution in [0, 0.1) is 0 Å². The predicted molar refractivity (Wildman–Crippen MR) is 59.6 cm³/mol. The first-order chi connectivity index (χ1) is 7.75. The SMILES string of the molecule is Cn1cnnc1CCNc1nccc(N)n1. The van der Waals surface area contributed by atoms with E-state index >= 15 is 0 Å². The van der Waals surface area contributed by atoms with Gasteiger partial charge < -0.3 is 15.6 Å². The summed E-state index contributed by atoms with van der Waals surface area (Å²) >= 11 is 0. The van der Waals surface area contributed by atoms with Gasteiger partial charge in [0.25, 0.3) is 0 Å². The van der Waals surface area contributed by atoms with E-state index in [9.17, 15) is 0 Å². The number of nitrogens with two attached hydrogens (primary N) is 1. The van der Waals surface area contributed by atoms with Gasteiger partial charge in [-0.3, -0.25) is 0 Å². The van der Waals surface area contributed by atoms with Crippen molar-refractivity contribution in [3.63, 3.8) is 0 Å². The highest BCUT2D eigenvalue weighted by Gasteiger charge is 2.01. The van der Waals surface area contributed by atoms with Crippen molar-refractivity contribution in [2.45, 2.75) is 6.42 Å². The minimum Gasteiger partial charge on any atom is -0.384 e. The van der Waals surface area contributed by atoms with Gasteiger partial charge in [0.05, 0.1) is 0 Å². The molecule has 0 aromatic carbocycles. The maximum absolute atomic E-state index is 5.53. The molecule has 0 aliphatic heterocycles. The summed E-state index contributed by atoms with van der Waals surface area (Å²) in [6.07, 6.45) is 4.05. The molecule has 0 aliphatic carbocycles. The van der Waals surface area contributed by atoms with Gasteiger partial charge in [0.2, 0.25) is 5.95 Å². The molecule has 0 spiro atoms. The molecule has 0 aliphatic rings. The summed E-state index contributed by atoms with van der Waals surface area (Å²) < 4.78 is 1.88. The van der Waals surface area contributed by atoms with Crippen LogP contribution < -0.4 is 11.1 Å². The quantitative estimate of drug-likeness (QED) is 0.742. The zero-order valence-corrected chi connectivity index (χ0v) is 8.96. The zero-order valence-electron chi connectivity index (χ0n) is 8.96. The molecule has 0 atom stereocenters. The van der Waals surface area contributed by atoms with Gasteiger partial charge in [0, 0.05) is 26.2 Å². The van der Waals surface area contributed by atoms with Crippen molar-refractivity contribution in [1.82, 2.24) is 24.7 Å². The molecule has 0 unspecified atom stereocenters. The van der Waals surface area contributed by atoms with Gasteiger partial charge in [-0.1, -0.05) is 0 Å². The molecule has 16 heavy (non-hydrogen) atoms. The molecule has 0 amide bonds. The van der Waals surface area contributed by atoms with E-state index in [4.69, 9.17) is 5.73 Å². The van der Waals surface area contributed by atoms with Gasteiger partial charge in [-0.2, -0.15) is 4.98 Å². The number of rotatable bonds is 4. The predicted octanol–water partition coefficient (Wildman–Crippen LogP) is -0.158. The molecule has 0 bridgehead atoms. The summed E-state index contributed by atoms with van der Waals surface area (Å²) in [4.78, 5) is 8.06. The first kappa shape index (κ1) is 10.3.